The number of pyridine rings is 1. The topological polar surface area (TPSA) is 42.0 Å². The number of fused-ring (bicyclic) bond motifs is 1. The summed E-state index contributed by atoms with van der Waals surface area (Å²) in [6.07, 6.45) is 1.78. The number of carbonyl (C=O) groups is 1. The first-order valence-corrected chi connectivity index (χ1v) is 8.94. The summed E-state index contributed by atoms with van der Waals surface area (Å²) in [5.74, 6) is 0.332. The molecule has 0 unspecified atom stereocenters. The Morgan fingerprint density at radius 1 is 1.22 bits per heavy atom. The molecule has 23 heavy (non-hydrogen) atoms. The van der Waals surface area contributed by atoms with E-state index in [9.17, 15) is 4.79 Å². The number of halogens is 1. The third kappa shape index (κ3) is 3.92. The maximum absolute atomic E-state index is 12.2. The Kier molecular flexibility index (Phi) is 4.98. The number of para-hydroxylation sites is 1. The molecule has 3 aromatic rings. The van der Waals surface area contributed by atoms with E-state index < -0.39 is 0 Å². The van der Waals surface area contributed by atoms with Gasteiger partial charge in [-0.3, -0.25) is 9.78 Å². The van der Waals surface area contributed by atoms with E-state index in [0.29, 0.717) is 5.75 Å². The van der Waals surface area contributed by atoms with Gasteiger partial charge in [-0.05, 0) is 42.8 Å². The molecule has 0 aliphatic rings. The lowest BCUT2D eigenvalue weighted by molar-refractivity contribution is -0.113. The third-order valence-corrected chi connectivity index (χ3v) is 4.96. The molecule has 2 aromatic carbocycles. The SMILES string of the molecule is Cc1cc(Br)ccc1NC(=O)CSc1cccc2cccnc12. The van der Waals surface area contributed by atoms with Gasteiger partial charge in [0.15, 0.2) is 0 Å². The van der Waals surface area contributed by atoms with Crippen LogP contribution in [0.4, 0.5) is 5.69 Å². The van der Waals surface area contributed by atoms with E-state index in [-0.39, 0.29) is 5.91 Å². The van der Waals surface area contributed by atoms with Gasteiger partial charge >= 0.3 is 0 Å². The highest BCUT2D eigenvalue weighted by atomic mass is 79.9. The van der Waals surface area contributed by atoms with Crippen molar-refractivity contribution >= 4 is 50.2 Å². The zero-order valence-corrected chi connectivity index (χ0v) is 14.9. The Bertz CT molecular complexity index is 861. The number of aromatic nitrogens is 1. The first-order valence-electron chi connectivity index (χ1n) is 7.16. The summed E-state index contributed by atoms with van der Waals surface area (Å²) >= 11 is 4.93. The van der Waals surface area contributed by atoms with Gasteiger partial charge in [0.05, 0.1) is 11.3 Å². The number of nitrogens with one attached hydrogen (secondary N) is 1. The quantitative estimate of drug-likeness (QED) is 0.638. The Labute approximate surface area is 147 Å². The van der Waals surface area contributed by atoms with Crippen LogP contribution in [0.1, 0.15) is 5.56 Å². The number of thioether (sulfide) groups is 1. The lowest BCUT2D eigenvalue weighted by atomic mass is 10.2. The van der Waals surface area contributed by atoms with E-state index in [0.717, 1.165) is 31.5 Å². The Morgan fingerprint density at radius 2 is 2.04 bits per heavy atom. The molecule has 0 aliphatic carbocycles. The van der Waals surface area contributed by atoms with E-state index in [1.165, 1.54) is 11.8 Å². The highest BCUT2D eigenvalue weighted by Gasteiger charge is 2.08. The van der Waals surface area contributed by atoms with Crippen molar-refractivity contribution in [2.45, 2.75) is 11.8 Å². The molecule has 0 bridgehead atoms. The van der Waals surface area contributed by atoms with Gasteiger partial charge in [-0.25, -0.2) is 0 Å². The fraction of sp³-hybridized carbons (Fsp3) is 0.111. The highest BCUT2D eigenvalue weighted by Crippen LogP contribution is 2.26. The van der Waals surface area contributed by atoms with E-state index >= 15 is 0 Å². The number of nitrogens with zero attached hydrogens (tertiary/aromatic N) is 1. The van der Waals surface area contributed by atoms with Gasteiger partial charge in [-0.2, -0.15) is 0 Å². The Morgan fingerprint density at radius 3 is 2.87 bits per heavy atom. The number of rotatable bonds is 4. The van der Waals surface area contributed by atoms with Crippen LogP contribution in [0.3, 0.4) is 0 Å². The molecule has 0 atom stereocenters. The van der Waals surface area contributed by atoms with Gasteiger partial charge < -0.3 is 5.32 Å². The Balaban J connectivity index is 1.69. The number of anilines is 1. The highest BCUT2D eigenvalue weighted by molar-refractivity contribution is 9.10. The largest absolute Gasteiger partial charge is 0.325 e. The van der Waals surface area contributed by atoms with Crippen molar-refractivity contribution in [3.05, 3.63) is 64.8 Å². The van der Waals surface area contributed by atoms with Crippen LogP contribution in [0.15, 0.2) is 64.1 Å². The number of benzene rings is 2. The molecular formula is C18H15BrN2OS. The smallest absolute Gasteiger partial charge is 0.234 e. The van der Waals surface area contributed by atoms with E-state index in [1.54, 1.807) is 6.20 Å². The van der Waals surface area contributed by atoms with Crippen molar-refractivity contribution in [3.63, 3.8) is 0 Å². The van der Waals surface area contributed by atoms with Gasteiger partial charge in [0.2, 0.25) is 5.91 Å². The predicted molar refractivity (Wildman–Crippen MR) is 100.0 cm³/mol. The fourth-order valence-corrected chi connectivity index (χ4v) is 3.61. The maximum Gasteiger partial charge on any atom is 0.234 e. The third-order valence-electron chi connectivity index (χ3n) is 3.42. The molecule has 0 fully saturated rings. The summed E-state index contributed by atoms with van der Waals surface area (Å²) in [5.41, 5.74) is 2.81. The predicted octanol–water partition coefficient (Wildman–Crippen LogP) is 5.04. The summed E-state index contributed by atoms with van der Waals surface area (Å²) in [6, 6.07) is 15.8. The standard InChI is InChI=1S/C18H15BrN2OS/c1-12-10-14(19)7-8-15(12)21-17(22)11-23-16-6-2-4-13-5-3-9-20-18(13)16/h2-10H,11H2,1H3,(H,21,22). The average Bonchev–Trinajstić information content (AvgIpc) is 2.55. The summed E-state index contributed by atoms with van der Waals surface area (Å²) in [4.78, 5) is 17.6. The van der Waals surface area contributed by atoms with Crippen LogP contribution in [0.2, 0.25) is 0 Å². The van der Waals surface area contributed by atoms with Gasteiger partial charge in [0, 0.05) is 26.6 Å². The molecule has 1 N–H and O–H groups in total. The van der Waals surface area contributed by atoms with Crippen molar-refractivity contribution in [3.8, 4) is 0 Å². The number of aryl methyl sites for hydroxylation is 1. The molecule has 5 heteroatoms. The second-order valence-electron chi connectivity index (χ2n) is 5.13. The molecule has 1 aromatic heterocycles. The monoisotopic (exact) mass is 386 g/mol. The number of amides is 1. The molecule has 3 nitrogen and oxygen atoms in total. The van der Waals surface area contributed by atoms with Crippen LogP contribution in [0.5, 0.6) is 0 Å². The van der Waals surface area contributed by atoms with Gasteiger partial charge in [-0.1, -0.05) is 34.1 Å². The van der Waals surface area contributed by atoms with Gasteiger partial charge in [0.1, 0.15) is 0 Å². The zero-order chi connectivity index (χ0) is 16.2. The normalized spacial score (nSPS) is 10.7. The van der Waals surface area contributed by atoms with E-state index in [2.05, 4.69) is 26.2 Å². The van der Waals surface area contributed by atoms with Crippen molar-refractivity contribution in [2.75, 3.05) is 11.1 Å². The van der Waals surface area contributed by atoms with Crippen molar-refractivity contribution < 1.29 is 4.79 Å². The van der Waals surface area contributed by atoms with Crippen LogP contribution >= 0.6 is 27.7 Å². The molecule has 1 heterocycles. The van der Waals surface area contributed by atoms with Crippen LogP contribution < -0.4 is 5.32 Å². The fourth-order valence-electron chi connectivity index (χ4n) is 2.29. The minimum atomic E-state index is -0.0200. The number of carbonyl (C=O) groups excluding carboxylic acids is 1. The van der Waals surface area contributed by atoms with Crippen LogP contribution in [-0.4, -0.2) is 16.6 Å². The van der Waals surface area contributed by atoms with Crippen LogP contribution in [-0.2, 0) is 4.79 Å². The summed E-state index contributed by atoms with van der Waals surface area (Å²) in [5, 5.41) is 4.04. The summed E-state index contributed by atoms with van der Waals surface area (Å²) < 4.78 is 1.00. The number of hydrogen-bond donors (Lipinski definition) is 1. The lowest BCUT2D eigenvalue weighted by Crippen LogP contribution is -2.14. The first kappa shape index (κ1) is 16.0. The maximum atomic E-state index is 12.2. The van der Waals surface area contributed by atoms with Crippen molar-refractivity contribution in [1.29, 1.82) is 0 Å². The molecule has 0 aliphatic heterocycles. The number of hydrogen-bond acceptors (Lipinski definition) is 3. The molecule has 0 saturated heterocycles. The minimum absolute atomic E-state index is 0.0200. The molecule has 0 spiro atoms. The average molecular weight is 387 g/mol. The van der Waals surface area contributed by atoms with Gasteiger partial charge in [0.25, 0.3) is 0 Å². The molecule has 0 saturated carbocycles. The first-order chi connectivity index (χ1) is 11.1. The molecule has 116 valence electrons. The molecular weight excluding hydrogens is 372 g/mol. The van der Waals surface area contributed by atoms with Crippen molar-refractivity contribution in [1.82, 2.24) is 4.98 Å². The molecule has 3 rings (SSSR count). The second kappa shape index (κ2) is 7.15. The van der Waals surface area contributed by atoms with Gasteiger partial charge in [-0.15, -0.1) is 11.8 Å². The summed E-state index contributed by atoms with van der Waals surface area (Å²) in [6.45, 7) is 1.97. The van der Waals surface area contributed by atoms with Crippen LogP contribution in [0, 0.1) is 6.92 Å². The lowest BCUT2D eigenvalue weighted by Gasteiger charge is -2.09. The Hall–Kier alpha value is -1.85. The van der Waals surface area contributed by atoms with E-state index in [4.69, 9.17) is 0 Å². The minimum Gasteiger partial charge on any atom is -0.325 e. The molecule has 1 amide bonds. The summed E-state index contributed by atoms with van der Waals surface area (Å²) in [7, 11) is 0. The second-order valence-corrected chi connectivity index (χ2v) is 7.06. The van der Waals surface area contributed by atoms with E-state index in [1.807, 2.05) is 55.5 Å². The van der Waals surface area contributed by atoms with Crippen LogP contribution in [0.25, 0.3) is 10.9 Å². The van der Waals surface area contributed by atoms with Crippen molar-refractivity contribution in [2.24, 2.45) is 0 Å². The molecule has 0 radical (unpaired) electrons. The zero-order valence-electron chi connectivity index (χ0n) is 12.5.